The van der Waals surface area contributed by atoms with Gasteiger partial charge in [-0.1, -0.05) is 0 Å². The molecule has 0 saturated heterocycles. The highest BCUT2D eigenvalue weighted by Gasteiger charge is 2.43. The lowest BCUT2D eigenvalue weighted by Crippen LogP contribution is -2.38. The van der Waals surface area contributed by atoms with Crippen LogP contribution in [0.15, 0.2) is 0 Å². The van der Waals surface area contributed by atoms with Gasteiger partial charge in [0.15, 0.2) is 0 Å². The minimum Gasteiger partial charge on any atom is -0.380 e. The fourth-order valence-corrected chi connectivity index (χ4v) is 2.43. The summed E-state index contributed by atoms with van der Waals surface area (Å²) in [5.41, 5.74) is 0.176. The van der Waals surface area contributed by atoms with E-state index in [1.165, 1.54) is 0 Å². The van der Waals surface area contributed by atoms with E-state index in [4.69, 9.17) is 9.47 Å². The zero-order valence-corrected chi connectivity index (χ0v) is 13.1. The maximum Gasteiger partial charge on any atom is 0.223 e. The summed E-state index contributed by atoms with van der Waals surface area (Å²) in [7, 11) is 0. The van der Waals surface area contributed by atoms with Gasteiger partial charge in [0.25, 0.3) is 0 Å². The number of carbonyl (C=O) groups excluding carboxylic acids is 1. The molecule has 1 amide bonds. The van der Waals surface area contributed by atoms with Crippen LogP contribution in [-0.2, 0) is 14.3 Å². The van der Waals surface area contributed by atoms with Crippen molar-refractivity contribution in [1.82, 2.24) is 4.90 Å². The molecule has 1 fully saturated rings. The minimum atomic E-state index is 0.176. The zero-order chi connectivity index (χ0) is 14.1. The van der Waals surface area contributed by atoms with E-state index in [1.54, 1.807) is 0 Å². The van der Waals surface area contributed by atoms with Crippen LogP contribution in [0.3, 0.4) is 0 Å². The standard InChI is InChI=1S/C14H27NO3S/c1-3-17-9-7-15(8-10-18-4-2)13(16)11-14(12-19)5-6-14/h19H,3-12H2,1-2H3. The lowest BCUT2D eigenvalue weighted by atomic mass is 10.0. The summed E-state index contributed by atoms with van der Waals surface area (Å²) in [4.78, 5) is 14.2. The molecule has 0 N–H and O–H groups in total. The molecule has 0 heterocycles. The van der Waals surface area contributed by atoms with Gasteiger partial charge in [0.2, 0.25) is 5.91 Å². The largest absolute Gasteiger partial charge is 0.380 e. The number of hydrogen-bond donors (Lipinski definition) is 1. The Bertz CT molecular complexity index is 259. The van der Waals surface area contributed by atoms with Crippen LogP contribution < -0.4 is 0 Å². The van der Waals surface area contributed by atoms with Gasteiger partial charge >= 0.3 is 0 Å². The van der Waals surface area contributed by atoms with Crippen molar-refractivity contribution in [2.45, 2.75) is 33.1 Å². The second-order valence-corrected chi connectivity index (χ2v) is 5.43. The Labute approximate surface area is 122 Å². The van der Waals surface area contributed by atoms with Crippen molar-refractivity contribution in [3.05, 3.63) is 0 Å². The fourth-order valence-electron chi connectivity index (χ4n) is 2.00. The Kier molecular flexibility index (Phi) is 7.80. The molecule has 0 atom stereocenters. The highest BCUT2D eigenvalue weighted by Crippen LogP contribution is 2.49. The summed E-state index contributed by atoms with van der Waals surface area (Å²) in [6, 6.07) is 0. The first-order valence-corrected chi connectivity index (χ1v) is 7.85. The Morgan fingerprint density at radius 1 is 1.16 bits per heavy atom. The molecule has 0 radical (unpaired) electrons. The third kappa shape index (κ3) is 6.15. The van der Waals surface area contributed by atoms with Gasteiger partial charge in [-0.05, 0) is 37.9 Å². The van der Waals surface area contributed by atoms with Gasteiger partial charge in [0.1, 0.15) is 0 Å². The third-order valence-corrected chi connectivity index (χ3v) is 4.26. The molecule has 4 nitrogen and oxygen atoms in total. The molecule has 1 aliphatic rings. The van der Waals surface area contributed by atoms with Gasteiger partial charge in [-0.25, -0.2) is 0 Å². The first-order valence-electron chi connectivity index (χ1n) is 7.21. The topological polar surface area (TPSA) is 38.8 Å². The minimum absolute atomic E-state index is 0.176. The van der Waals surface area contributed by atoms with Crippen molar-refractivity contribution in [3.63, 3.8) is 0 Å². The van der Waals surface area contributed by atoms with E-state index in [-0.39, 0.29) is 11.3 Å². The molecule has 19 heavy (non-hydrogen) atoms. The van der Waals surface area contributed by atoms with Crippen molar-refractivity contribution in [2.24, 2.45) is 5.41 Å². The summed E-state index contributed by atoms with van der Waals surface area (Å²) in [6.45, 7) is 7.82. The van der Waals surface area contributed by atoms with E-state index in [1.807, 2.05) is 18.7 Å². The van der Waals surface area contributed by atoms with Crippen molar-refractivity contribution in [2.75, 3.05) is 45.3 Å². The number of thiol groups is 1. The van der Waals surface area contributed by atoms with Crippen LogP contribution in [0, 0.1) is 5.41 Å². The normalized spacial score (nSPS) is 16.4. The lowest BCUT2D eigenvalue weighted by Gasteiger charge is -2.24. The molecule has 0 bridgehead atoms. The first-order chi connectivity index (χ1) is 9.17. The van der Waals surface area contributed by atoms with Crippen molar-refractivity contribution < 1.29 is 14.3 Å². The van der Waals surface area contributed by atoms with Crippen LogP contribution in [0.25, 0.3) is 0 Å². The molecule has 0 spiro atoms. The molecule has 0 aliphatic heterocycles. The maximum absolute atomic E-state index is 12.3. The molecule has 112 valence electrons. The number of rotatable bonds is 11. The van der Waals surface area contributed by atoms with Crippen molar-refractivity contribution in [1.29, 1.82) is 0 Å². The Balaban J connectivity index is 2.38. The van der Waals surface area contributed by atoms with E-state index in [0.29, 0.717) is 45.9 Å². The van der Waals surface area contributed by atoms with Crippen molar-refractivity contribution >= 4 is 18.5 Å². The molecule has 1 saturated carbocycles. The fraction of sp³-hybridized carbons (Fsp3) is 0.929. The number of amides is 1. The summed E-state index contributed by atoms with van der Waals surface area (Å²) >= 11 is 4.36. The van der Waals surface area contributed by atoms with Gasteiger partial charge in [-0.2, -0.15) is 12.6 Å². The molecule has 0 aromatic carbocycles. The van der Waals surface area contributed by atoms with Crippen molar-refractivity contribution in [3.8, 4) is 0 Å². The molecule has 0 aromatic rings. The van der Waals surface area contributed by atoms with Crippen LogP contribution in [0.5, 0.6) is 0 Å². The van der Waals surface area contributed by atoms with E-state index in [9.17, 15) is 4.79 Å². The SMILES string of the molecule is CCOCCN(CCOCC)C(=O)CC1(CS)CC1. The van der Waals surface area contributed by atoms with Crippen LogP contribution >= 0.6 is 12.6 Å². The molecule has 1 rings (SSSR count). The van der Waals surface area contributed by atoms with Crippen LogP contribution in [0.2, 0.25) is 0 Å². The predicted molar refractivity (Wildman–Crippen MR) is 79.7 cm³/mol. The molecule has 5 heteroatoms. The van der Waals surface area contributed by atoms with Crippen LogP contribution in [0.4, 0.5) is 0 Å². The maximum atomic E-state index is 12.3. The second-order valence-electron chi connectivity index (χ2n) is 5.11. The second kappa shape index (κ2) is 8.82. The molecule has 1 aliphatic carbocycles. The summed E-state index contributed by atoms with van der Waals surface area (Å²) < 4.78 is 10.7. The third-order valence-electron chi connectivity index (χ3n) is 3.59. The Hall–Kier alpha value is -0.260. The van der Waals surface area contributed by atoms with E-state index in [2.05, 4.69) is 12.6 Å². The monoisotopic (exact) mass is 289 g/mol. The number of hydrogen-bond acceptors (Lipinski definition) is 4. The quantitative estimate of drug-likeness (QED) is 0.467. The van der Waals surface area contributed by atoms with E-state index >= 15 is 0 Å². The van der Waals surface area contributed by atoms with Gasteiger partial charge in [-0.3, -0.25) is 4.79 Å². The zero-order valence-electron chi connectivity index (χ0n) is 12.2. The highest BCUT2D eigenvalue weighted by molar-refractivity contribution is 7.80. The lowest BCUT2D eigenvalue weighted by molar-refractivity contribution is -0.133. The van der Waals surface area contributed by atoms with E-state index < -0.39 is 0 Å². The van der Waals surface area contributed by atoms with Gasteiger partial charge in [-0.15, -0.1) is 0 Å². The molecular weight excluding hydrogens is 262 g/mol. The average molecular weight is 289 g/mol. The number of carbonyl (C=O) groups is 1. The molecule has 0 aromatic heterocycles. The average Bonchev–Trinajstić information content (AvgIpc) is 3.17. The molecule has 0 unspecified atom stereocenters. The van der Waals surface area contributed by atoms with Gasteiger partial charge < -0.3 is 14.4 Å². The highest BCUT2D eigenvalue weighted by atomic mass is 32.1. The van der Waals surface area contributed by atoms with Gasteiger partial charge in [0.05, 0.1) is 13.2 Å². The number of nitrogens with zero attached hydrogens (tertiary/aromatic N) is 1. The first kappa shape index (κ1) is 16.8. The number of ether oxygens (including phenoxy) is 2. The summed E-state index contributed by atoms with van der Waals surface area (Å²) in [5.74, 6) is 1.02. The summed E-state index contributed by atoms with van der Waals surface area (Å²) in [6.07, 6.45) is 2.88. The Morgan fingerprint density at radius 3 is 2.05 bits per heavy atom. The smallest absolute Gasteiger partial charge is 0.223 e. The Morgan fingerprint density at radius 2 is 1.68 bits per heavy atom. The van der Waals surface area contributed by atoms with Crippen LogP contribution in [-0.4, -0.2) is 56.1 Å². The summed E-state index contributed by atoms with van der Waals surface area (Å²) in [5, 5.41) is 0. The van der Waals surface area contributed by atoms with Gasteiger partial charge in [0, 0.05) is 32.7 Å². The van der Waals surface area contributed by atoms with Crippen LogP contribution in [0.1, 0.15) is 33.1 Å². The predicted octanol–water partition coefficient (Wildman–Crippen LogP) is 1.99. The molecular formula is C14H27NO3S. The van der Waals surface area contributed by atoms with E-state index in [0.717, 1.165) is 18.6 Å².